The van der Waals surface area contributed by atoms with Gasteiger partial charge in [0.05, 0.1) is 18.8 Å². The number of hydrogen-bond acceptors (Lipinski definition) is 7. The summed E-state index contributed by atoms with van der Waals surface area (Å²) in [5, 5.41) is 4.08. The Hall–Kier alpha value is -2.77. The predicted octanol–water partition coefficient (Wildman–Crippen LogP) is 3.34. The van der Waals surface area contributed by atoms with Crippen molar-refractivity contribution in [3.8, 4) is 11.5 Å². The summed E-state index contributed by atoms with van der Waals surface area (Å²) in [6.45, 7) is 8.53. The van der Waals surface area contributed by atoms with Crippen molar-refractivity contribution in [3.05, 3.63) is 60.0 Å². The quantitative estimate of drug-likeness (QED) is 0.645. The Bertz CT molecular complexity index is 990. The number of fused-ring (bicyclic) bond motifs is 1. The van der Waals surface area contributed by atoms with Crippen molar-refractivity contribution in [1.82, 2.24) is 20.0 Å². The van der Waals surface area contributed by atoms with E-state index in [1.54, 1.807) is 0 Å². The molecular formula is C23H27N5O2. The Kier molecular flexibility index (Phi) is 5.23. The second-order valence-corrected chi connectivity index (χ2v) is 8.35. The second-order valence-electron chi connectivity index (χ2n) is 8.35. The van der Waals surface area contributed by atoms with Crippen LogP contribution in [0.15, 0.2) is 53.2 Å². The molecule has 7 heteroatoms. The van der Waals surface area contributed by atoms with Crippen molar-refractivity contribution in [1.29, 1.82) is 0 Å². The summed E-state index contributed by atoms with van der Waals surface area (Å²) in [5.41, 5.74) is 2.24. The standard InChI is InChI=1S/C23H27N5O2/c1-16(2)22-25-23(30-26-22)18-8-9-24-21(12-18)28-14-19-20(15-28)29-11-10-27(19)13-17-6-4-3-5-7-17/h3-9,12,16,19-20H,10-11,13-15H2,1-2H3. The van der Waals surface area contributed by atoms with Crippen LogP contribution >= 0.6 is 0 Å². The van der Waals surface area contributed by atoms with E-state index < -0.39 is 0 Å². The van der Waals surface area contributed by atoms with Gasteiger partial charge in [-0.15, -0.1) is 0 Å². The molecule has 2 saturated heterocycles. The molecule has 0 saturated carbocycles. The fourth-order valence-electron chi connectivity index (χ4n) is 4.27. The summed E-state index contributed by atoms with van der Waals surface area (Å²) >= 11 is 0. The molecule has 3 aromatic rings. The zero-order valence-electron chi connectivity index (χ0n) is 17.4. The highest BCUT2D eigenvalue weighted by Crippen LogP contribution is 2.29. The molecule has 4 heterocycles. The highest BCUT2D eigenvalue weighted by molar-refractivity contribution is 5.59. The van der Waals surface area contributed by atoms with Gasteiger partial charge in [0.2, 0.25) is 0 Å². The fourth-order valence-corrected chi connectivity index (χ4v) is 4.27. The van der Waals surface area contributed by atoms with Crippen LogP contribution in [0.5, 0.6) is 0 Å². The van der Waals surface area contributed by atoms with Crippen LogP contribution in [0, 0.1) is 0 Å². The summed E-state index contributed by atoms with van der Waals surface area (Å²) in [6.07, 6.45) is 2.01. The van der Waals surface area contributed by atoms with E-state index >= 15 is 0 Å². The number of anilines is 1. The van der Waals surface area contributed by atoms with Crippen LogP contribution in [0.2, 0.25) is 0 Å². The molecule has 2 aromatic heterocycles. The zero-order valence-corrected chi connectivity index (χ0v) is 17.4. The van der Waals surface area contributed by atoms with Crippen LogP contribution in [0.3, 0.4) is 0 Å². The van der Waals surface area contributed by atoms with Crippen molar-refractivity contribution in [2.24, 2.45) is 0 Å². The third-order valence-electron chi connectivity index (χ3n) is 5.92. The van der Waals surface area contributed by atoms with Gasteiger partial charge in [0.15, 0.2) is 5.82 Å². The number of pyridine rings is 1. The number of aromatic nitrogens is 3. The first kappa shape index (κ1) is 19.2. The van der Waals surface area contributed by atoms with E-state index in [0.717, 1.165) is 50.0 Å². The predicted molar refractivity (Wildman–Crippen MR) is 114 cm³/mol. The van der Waals surface area contributed by atoms with Crippen molar-refractivity contribution in [3.63, 3.8) is 0 Å². The molecule has 2 aliphatic heterocycles. The molecule has 0 radical (unpaired) electrons. The largest absolute Gasteiger partial charge is 0.373 e. The third-order valence-corrected chi connectivity index (χ3v) is 5.92. The zero-order chi connectivity index (χ0) is 20.5. The van der Waals surface area contributed by atoms with Crippen molar-refractivity contribution < 1.29 is 9.26 Å². The van der Waals surface area contributed by atoms with Gasteiger partial charge >= 0.3 is 0 Å². The number of benzene rings is 1. The van der Waals surface area contributed by atoms with Crippen LogP contribution in [0.25, 0.3) is 11.5 Å². The molecule has 156 valence electrons. The number of hydrogen-bond donors (Lipinski definition) is 0. The molecule has 0 aliphatic carbocycles. The summed E-state index contributed by atoms with van der Waals surface area (Å²) in [5.74, 6) is 2.43. The van der Waals surface area contributed by atoms with E-state index in [1.165, 1.54) is 5.56 Å². The summed E-state index contributed by atoms with van der Waals surface area (Å²) in [4.78, 5) is 14.0. The van der Waals surface area contributed by atoms with Crippen LogP contribution in [0.4, 0.5) is 5.82 Å². The smallest absolute Gasteiger partial charge is 0.258 e. The Morgan fingerprint density at radius 2 is 2.00 bits per heavy atom. The second kappa shape index (κ2) is 8.16. The maximum atomic E-state index is 6.11. The molecule has 0 amide bonds. The van der Waals surface area contributed by atoms with E-state index in [2.05, 4.69) is 69.1 Å². The van der Waals surface area contributed by atoms with E-state index in [1.807, 2.05) is 18.3 Å². The fraction of sp³-hybridized carbons (Fsp3) is 0.435. The lowest BCUT2D eigenvalue weighted by Crippen LogP contribution is -2.50. The molecule has 0 spiro atoms. The molecular weight excluding hydrogens is 378 g/mol. The molecule has 0 N–H and O–H groups in total. The molecule has 0 bridgehead atoms. The number of rotatable bonds is 5. The normalized spacial score (nSPS) is 21.9. The van der Waals surface area contributed by atoms with E-state index in [-0.39, 0.29) is 12.0 Å². The highest BCUT2D eigenvalue weighted by Gasteiger charge is 2.40. The lowest BCUT2D eigenvalue weighted by molar-refractivity contribution is -0.0499. The van der Waals surface area contributed by atoms with Crippen LogP contribution in [-0.2, 0) is 11.3 Å². The average Bonchev–Trinajstić information content (AvgIpc) is 3.43. The SMILES string of the molecule is CC(C)c1noc(-c2ccnc(N3CC4OCCN(Cc5ccccc5)C4C3)c2)n1. The summed E-state index contributed by atoms with van der Waals surface area (Å²) < 4.78 is 11.6. The lowest BCUT2D eigenvalue weighted by Gasteiger charge is -2.36. The Labute approximate surface area is 176 Å². The van der Waals surface area contributed by atoms with Crippen LogP contribution < -0.4 is 4.90 Å². The molecule has 1 aromatic carbocycles. The minimum absolute atomic E-state index is 0.198. The minimum Gasteiger partial charge on any atom is -0.373 e. The molecule has 2 aliphatic rings. The van der Waals surface area contributed by atoms with Gasteiger partial charge in [0.1, 0.15) is 5.82 Å². The van der Waals surface area contributed by atoms with Gasteiger partial charge in [-0.05, 0) is 17.7 Å². The minimum atomic E-state index is 0.198. The molecule has 2 unspecified atom stereocenters. The number of morpholine rings is 1. The maximum absolute atomic E-state index is 6.11. The van der Waals surface area contributed by atoms with Crippen molar-refractivity contribution in [2.75, 3.05) is 31.1 Å². The first-order valence-corrected chi connectivity index (χ1v) is 10.6. The summed E-state index contributed by atoms with van der Waals surface area (Å²) in [6, 6.07) is 15.0. The Morgan fingerprint density at radius 3 is 2.80 bits per heavy atom. The first-order valence-electron chi connectivity index (χ1n) is 10.6. The van der Waals surface area contributed by atoms with Gasteiger partial charge in [-0.1, -0.05) is 49.3 Å². The first-order chi connectivity index (χ1) is 14.7. The number of nitrogens with zero attached hydrogens (tertiary/aromatic N) is 5. The Morgan fingerprint density at radius 1 is 1.13 bits per heavy atom. The molecule has 5 rings (SSSR count). The van der Waals surface area contributed by atoms with Gasteiger partial charge in [0.25, 0.3) is 5.89 Å². The number of ether oxygens (including phenoxy) is 1. The van der Waals surface area contributed by atoms with E-state index in [0.29, 0.717) is 11.9 Å². The van der Waals surface area contributed by atoms with Gasteiger partial charge in [-0.2, -0.15) is 4.98 Å². The molecule has 2 atom stereocenters. The van der Waals surface area contributed by atoms with Gasteiger partial charge < -0.3 is 14.2 Å². The average molecular weight is 406 g/mol. The third kappa shape index (κ3) is 3.82. The van der Waals surface area contributed by atoms with Gasteiger partial charge in [-0.3, -0.25) is 4.90 Å². The lowest BCUT2D eigenvalue weighted by atomic mass is 10.1. The van der Waals surface area contributed by atoms with Gasteiger partial charge in [0, 0.05) is 43.9 Å². The highest BCUT2D eigenvalue weighted by atomic mass is 16.5. The Balaban J connectivity index is 1.33. The van der Waals surface area contributed by atoms with Gasteiger partial charge in [-0.25, -0.2) is 4.98 Å². The van der Waals surface area contributed by atoms with Crippen molar-refractivity contribution >= 4 is 5.82 Å². The van der Waals surface area contributed by atoms with E-state index in [9.17, 15) is 0 Å². The van der Waals surface area contributed by atoms with Crippen LogP contribution in [-0.4, -0.2) is 58.4 Å². The molecule has 2 fully saturated rings. The van der Waals surface area contributed by atoms with E-state index in [4.69, 9.17) is 9.26 Å². The summed E-state index contributed by atoms with van der Waals surface area (Å²) in [7, 11) is 0. The van der Waals surface area contributed by atoms with Crippen molar-refractivity contribution in [2.45, 2.75) is 38.5 Å². The maximum Gasteiger partial charge on any atom is 0.258 e. The molecule has 7 nitrogen and oxygen atoms in total. The van der Waals surface area contributed by atoms with Crippen LogP contribution in [0.1, 0.15) is 31.2 Å². The topological polar surface area (TPSA) is 67.5 Å². The monoisotopic (exact) mass is 405 g/mol. The molecule has 30 heavy (non-hydrogen) atoms.